The molecule has 3 rings (SSSR count). The lowest BCUT2D eigenvalue weighted by Gasteiger charge is -2.39. The molecule has 3 atom stereocenters. The lowest BCUT2D eigenvalue weighted by Crippen LogP contribution is -2.45. The highest BCUT2D eigenvalue weighted by atomic mass is 16.7. The second-order valence-corrected chi connectivity index (χ2v) is 5.02. The summed E-state index contributed by atoms with van der Waals surface area (Å²) in [6.45, 7) is 1.34. The number of rotatable bonds is 1. The summed E-state index contributed by atoms with van der Waals surface area (Å²) in [6.07, 6.45) is 4.19. The lowest BCUT2D eigenvalue weighted by atomic mass is 9.81. The van der Waals surface area contributed by atoms with Gasteiger partial charge in [0.05, 0.1) is 26.2 Å². The third kappa shape index (κ3) is 1.26. The Hall–Kier alpha value is -0.610. The van der Waals surface area contributed by atoms with Gasteiger partial charge in [0.25, 0.3) is 0 Å². The first-order valence-electron chi connectivity index (χ1n) is 6.13. The van der Waals surface area contributed by atoms with Gasteiger partial charge in [-0.3, -0.25) is 4.79 Å². The Morgan fingerprint density at radius 2 is 2.06 bits per heavy atom. The number of hydrogen-bond acceptors (Lipinski definition) is 4. The molecule has 3 unspecified atom stereocenters. The first-order valence-corrected chi connectivity index (χ1v) is 6.13. The molecule has 90 valence electrons. The second kappa shape index (κ2) is 3.70. The summed E-state index contributed by atoms with van der Waals surface area (Å²) in [5.74, 6) is 0.0411. The van der Waals surface area contributed by atoms with Crippen molar-refractivity contribution in [3.05, 3.63) is 0 Å². The molecule has 0 aromatic rings. The van der Waals surface area contributed by atoms with Gasteiger partial charge < -0.3 is 14.2 Å². The van der Waals surface area contributed by atoms with E-state index in [-0.39, 0.29) is 17.8 Å². The Labute approximate surface area is 95.2 Å². The summed E-state index contributed by atoms with van der Waals surface area (Å²) in [5, 5.41) is 0. The normalized spacial score (nSPS) is 40.2. The second-order valence-electron chi connectivity index (χ2n) is 5.02. The third-order valence-corrected chi connectivity index (χ3v) is 4.42. The fourth-order valence-corrected chi connectivity index (χ4v) is 3.83. The maximum atomic E-state index is 11.8. The molecule has 2 aliphatic carbocycles. The molecule has 1 spiro atoms. The molecule has 16 heavy (non-hydrogen) atoms. The molecule has 3 fully saturated rings. The minimum Gasteiger partial charge on any atom is -0.469 e. The molecule has 0 amide bonds. The van der Waals surface area contributed by atoms with Crippen LogP contribution < -0.4 is 0 Å². The number of ether oxygens (including phenoxy) is 3. The molecule has 0 N–H and O–H groups in total. The Balaban J connectivity index is 1.89. The van der Waals surface area contributed by atoms with Gasteiger partial charge in [-0.05, 0) is 19.3 Å². The van der Waals surface area contributed by atoms with Gasteiger partial charge in [-0.1, -0.05) is 6.42 Å². The van der Waals surface area contributed by atoms with Crippen molar-refractivity contribution in [1.29, 1.82) is 0 Å². The Morgan fingerprint density at radius 3 is 2.75 bits per heavy atom. The monoisotopic (exact) mass is 226 g/mol. The molecule has 2 saturated carbocycles. The van der Waals surface area contributed by atoms with Gasteiger partial charge in [-0.2, -0.15) is 0 Å². The molecule has 2 bridgehead atoms. The number of carbonyl (C=O) groups is 1. The highest BCUT2D eigenvalue weighted by Crippen LogP contribution is 2.56. The van der Waals surface area contributed by atoms with E-state index in [1.54, 1.807) is 0 Å². The van der Waals surface area contributed by atoms with E-state index in [0.717, 1.165) is 19.3 Å². The summed E-state index contributed by atoms with van der Waals surface area (Å²) in [5.41, 5.74) is 0. The van der Waals surface area contributed by atoms with Crippen LogP contribution in [-0.2, 0) is 19.0 Å². The van der Waals surface area contributed by atoms with Crippen LogP contribution in [0.25, 0.3) is 0 Å². The topological polar surface area (TPSA) is 44.8 Å². The average molecular weight is 226 g/mol. The highest BCUT2D eigenvalue weighted by Gasteiger charge is 2.62. The SMILES string of the molecule is COC(=O)C1CC2CCCC1C21OCCO1. The molecule has 1 saturated heterocycles. The Bertz CT molecular complexity index is 295. The quantitative estimate of drug-likeness (QED) is 0.633. The van der Waals surface area contributed by atoms with Crippen molar-refractivity contribution in [1.82, 2.24) is 0 Å². The first-order chi connectivity index (χ1) is 7.78. The van der Waals surface area contributed by atoms with Crippen LogP contribution in [0.15, 0.2) is 0 Å². The van der Waals surface area contributed by atoms with Crippen molar-refractivity contribution in [2.45, 2.75) is 31.5 Å². The maximum absolute atomic E-state index is 11.8. The molecule has 1 aliphatic heterocycles. The van der Waals surface area contributed by atoms with Crippen LogP contribution in [-0.4, -0.2) is 32.1 Å². The first kappa shape index (κ1) is 10.5. The van der Waals surface area contributed by atoms with Gasteiger partial charge >= 0.3 is 5.97 Å². The maximum Gasteiger partial charge on any atom is 0.309 e. The van der Waals surface area contributed by atoms with Gasteiger partial charge in [0.2, 0.25) is 0 Å². The van der Waals surface area contributed by atoms with Gasteiger partial charge in [0.15, 0.2) is 5.79 Å². The van der Waals surface area contributed by atoms with Crippen molar-refractivity contribution in [2.24, 2.45) is 17.8 Å². The third-order valence-electron chi connectivity index (χ3n) is 4.42. The largest absolute Gasteiger partial charge is 0.469 e. The van der Waals surface area contributed by atoms with Crippen LogP contribution in [0.4, 0.5) is 0 Å². The molecule has 0 aromatic carbocycles. The predicted octanol–water partition coefficient (Wildman–Crippen LogP) is 1.34. The van der Waals surface area contributed by atoms with Crippen molar-refractivity contribution in [3.63, 3.8) is 0 Å². The summed E-state index contributed by atoms with van der Waals surface area (Å²) in [6, 6.07) is 0. The Kier molecular flexibility index (Phi) is 2.44. The summed E-state index contributed by atoms with van der Waals surface area (Å²) in [4.78, 5) is 11.8. The lowest BCUT2D eigenvalue weighted by molar-refractivity contribution is -0.226. The van der Waals surface area contributed by atoms with E-state index in [1.165, 1.54) is 13.5 Å². The summed E-state index contributed by atoms with van der Waals surface area (Å²) in [7, 11) is 1.47. The fourth-order valence-electron chi connectivity index (χ4n) is 3.83. The number of esters is 1. The predicted molar refractivity (Wildman–Crippen MR) is 55.6 cm³/mol. The number of carbonyl (C=O) groups excluding carboxylic acids is 1. The number of methoxy groups -OCH3 is 1. The van der Waals surface area contributed by atoms with E-state index in [9.17, 15) is 4.79 Å². The van der Waals surface area contributed by atoms with E-state index in [0.29, 0.717) is 19.1 Å². The highest BCUT2D eigenvalue weighted by molar-refractivity contribution is 5.73. The molecule has 4 nitrogen and oxygen atoms in total. The molecule has 4 heteroatoms. The van der Waals surface area contributed by atoms with Crippen LogP contribution >= 0.6 is 0 Å². The van der Waals surface area contributed by atoms with Crippen LogP contribution in [0, 0.1) is 17.8 Å². The minimum atomic E-state index is -0.447. The van der Waals surface area contributed by atoms with Crippen molar-refractivity contribution >= 4 is 5.97 Å². The van der Waals surface area contributed by atoms with Crippen LogP contribution in [0.2, 0.25) is 0 Å². The molecular formula is C12H18O4. The van der Waals surface area contributed by atoms with E-state index in [4.69, 9.17) is 14.2 Å². The molecule has 3 aliphatic rings. The van der Waals surface area contributed by atoms with E-state index >= 15 is 0 Å². The smallest absolute Gasteiger partial charge is 0.309 e. The molecule has 0 aromatic heterocycles. The fraction of sp³-hybridized carbons (Fsp3) is 0.917. The van der Waals surface area contributed by atoms with Crippen molar-refractivity contribution in [3.8, 4) is 0 Å². The van der Waals surface area contributed by atoms with Crippen LogP contribution in [0.1, 0.15) is 25.7 Å². The zero-order valence-corrected chi connectivity index (χ0v) is 9.61. The van der Waals surface area contributed by atoms with Gasteiger partial charge in [0.1, 0.15) is 0 Å². The summed E-state index contributed by atoms with van der Waals surface area (Å²) >= 11 is 0. The van der Waals surface area contributed by atoms with Crippen LogP contribution in [0.3, 0.4) is 0 Å². The van der Waals surface area contributed by atoms with Crippen molar-refractivity contribution < 1.29 is 19.0 Å². The molecular weight excluding hydrogens is 208 g/mol. The van der Waals surface area contributed by atoms with Crippen LogP contribution in [0.5, 0.6) is 0 Å². The molecule has 1 heterocycles. The van der Waals surface area contributed by atoms with E-state index in [1.807, 2.05) is 0 Å². The molecule has 0 radical (unpaired) electrons. The minimum absolute atomic E-state index is 0.0180. The van der Waals surface area contributed by atoms with Crippen molar-refractivity contribution in [2.75, 3.05) is 20.3 Å². The average Bonchev–Trinajstić information content (AvgIpc) is 2.81. The Morgan fingerprint density at radius 1 is 1.31 bits per heavy atom. The summed E-state index contributed by atoms with van der Waals surface area (Å²) < 4.78 is 16.6. The standard InChI is InChI=1S/C12H18O4/c1-14-11(13)9-7-8-3-2-4-10(9)12(8)15-5-6-16-12/h8-10H,2-7H2,1H3. The van der Waals surface area contributed by atoms with Gasteiger partial charge in [-0.25, -0.2) is 0 Å². The van der Waals surface area contributed by atoms with Gasteiger partial charge in [0, 0.05) is 11.8 Å². The van der Waals surface area contributed by atoms with E-state index in [2.05, 4.69) is 0 Å². The zero-order chi connectivity index (χ0) is 11.2. The van der Waals surface area contributed by atoms with E-state index < -0.39 is 5.79 Å². The van der Waals surface area contributed by atoms with Gasteiger partial charge in [-0.15, -0.1) is 0 Å². The zero-order valence-electron chi connectivity index (χ0n) is 9.61. The number of hydrogen-bond donors (Lipinski definition) is 0.